The van der Waals surface area contributed by atoms with Crippen molar-refractivity contribution in [3.63, 3.8) is 0 Å². The number of morpholine rings is 1. The van der Waals surface area contributed by atoms with Gasteiger partial charge in [-0.15, -0.1) is 0 Å². The molecular formula is C10H20N2O3S. The molecule has 1 aliphatic heterocycles. The first-order chi connectivity index (χ1) is 7.69. The number of aliphatic hydroxyl groups is 1. The van der Waals surface area contributed by atoms with Crippen molar-refractivity contribution >= 4 is 17.7 Å². The van der Waals surface area contributed by atoms with E-state index in [1.165, 1.54) is 0 Å². The molecule has 1 saturated heterocycles. The van der Waals surface area contributed by atoms with Crippen LogP contribution in [-0.4, -0.2) is 61.0 Å². The molecule has 5 nitrogen and oxygen atoms in total. The van der Waals surface area contributed by atoms with E-state index in [1.54, 1.807) is 11.8 Å². The van der Waals surface area contributed by atoms with Crippen LogP contribution in [0, 0.1) is 0 Å². The third-order valence-electron chi connectivity index (χ3n) is 2.63. The summed E-state index contributed by atoms with van der Waals surface area (Å²) >= 11 is 1.55. The molecule has 16 heavy (non-hydrogen) atoms. The van der Waals surface area contributed by atoms with Crippen LogP contribution < -0.4 is 10.6 Å². The molecule has 3 unspecified atom stereocenters. The van der Waals surface area contributed by atoms with Crippen molar-refractivity contribution in [2.45, 2.75) is 24.3 Å². The maximum absolute atomic E-state index is 11.8. The highest BCUT2D eigenvalue weighted by Crippen LogP contribution is 2.10. The smallest absolute Gasteiger partial charge is 0.250 e. The minimum absolute atomic E-state index is 0.0282. The molecule has 0 aromatic rings. The zero-order valence-corrected chi connectivity index (χ0v) is 10.5. The average molecular weight is 248 g/mol. The molecule has 3 N–H and O–H groups in total. The molecule has 0 saturated carbocycles. The Morgan fingerprint density at radius 3 is 3.00 bits per heavy atom. The Labute approximate surface area is 100 Å². The molecule has 0 aliphatic carbocycles. The lowest BCUT2D eigenvalue weighted by molar-refractivity contribution is -0.134. The zero-order valence-electron chi connectivity index (χ0n) is 9.73. The highest BCUT2D eigenvalue weighted by molar-refractivity contribution is 7.99. The Bertz CT molecular complexity index is 218. The van der Waals surface area contributed by atoms with Crippen LogP contribution in [0.1, 0.15) is 6.92 Å². The fourth-order valence-electron chi connectivity index (χ4n) is 1.58. The topological polar surface area (TPSA) is 70.6 Å². The fraction of sp³-hybridized carbons (Fsp3) is 0.900. The lowest BCUT2D eigenvalue weighted by Gasteiger charge is -2.26. The van der Waals surface area contributed by atoms with E-state index < -0.39 is 6.10 Å². The largest absolute Gasteiger partial charge is 0.395 e. The van der Waals surface area contributed by atoms with Crippen LogP contribution >= 0.6 is 11.8 Å². The van der Waals surface area contributed by atoms with Crippen LogP contribution in [0.25, 0.3) is 0 Å². The van der Waals surface area contributed by atoms with E-state index in [0.717, 1.165) is 6.54 Å². The summed E-state index contributed by atoms with van der Waals surface area (Å²) < 4.78 is 5.34. The van der Waals surface area contributed by atoms with Crippen molar-refractivity contribution in [2.75, 3.05) is 32.6 Å². The molecule has 94 valence electrons. The highest BCUT2D eigenvalue weighted by Gasteiger charge is 2.25. The molecule has 6 heteroatoms. The summed E-state index contributed by atoms with van der Waals surface area (Å²) in [6.45, 7) is 3.88. The number of amides is 1. The van der Waals surface area contributed by atoms with Gasteiger partial charge in [0, 0.05) is 24.4 Å². The predicted octanol–water partition coefficient (Wildman–Crippen LogP) is -0.797. The van der Waals surface area contributed by atoms with Gasteiger partial charge in [0.25, 0.3) is 5.91 Å². The Balaban J connectivity index is 2.37. The van der Waals surface area contributed by atoms with Crippen LogP contribution in [0.15, 0.2) is 0 Å². The number of carbonyl (C=O) groups is 1. The van der Waals surface area contributed by atoms with Crippen molar-refractivity contribution in [1.82, 2.24) is 10.6 Å². The van der Waals surface area contributed by atoms with Crippen molar-refractivity contribution in [3.8, 4) is 0 Å². The van der Waals surface area contributed by atoms with Crippen molar-refractivity contribution in [2.24, 2.45) is 0 Å². The summed E-state index contributed by atoms with van der Waals surface area (Å²) in [5.74, 6) is -0.104. The Morgan fingerprint density at radius 1 is 1.75 bits per heavy atom. The number of ether oxygens (including phenoxy) is 1. The van der Waals surface area contributed by atoms with Gasteiger partial charge in [0.15, 0.2) is 0 Å². The Hall–Kier alpha value is -0.300. The number of nitrogens with one attached hydrogen (secondary N) is 2. The SMILES string of the molecule is CSC(CO)C(C)NC(=O)C1CNCCO1. The van der Waals surface area contributed by atoms with Gasteiger partial charge in [0.05, 0.1) is 13.2 Å². The number of thioether (sulfide) groups is 1. The molecular weight excluding hydrogens is 228 g/mol. The summed E-state index contributed by atoms with van der Waals surface area (Å²) in [6.07, 6.45) is 1.51. The van der Waals surface area contributed by atoms with E-state index >= 15 is 0 Å². The summed E-state index contributed by atoms with van der Waals surface area (Å²) in [4.78, 5) is 11.8. The van der Waals surface area contributed by atoms with Gasteiger partial charge in [0.2, 0.25) is 0 Å². The summed E-state index contributed by atoms with van der Waals surface area (Å²) in [7, 11) is 0. The molecule has 1 rings (SSSR count). The van der Waals surface area contributed by atoms with E-state index in [9.17, 15) is 4.79 Å². The first-order valence-corrected chi connectivity index (χ1v) is 6.74. The van der Waals surface area contributed by atoms with Crippen LogP contribution in [0.3, 0.4) is 0 Å². The maximum atomic E-state index is 11.8. The van der Waals surface area contributed by atoms with Crippen LogP contribution in [0.4, 0.5) is 0 Å². The minimum Gasteiger partial charge on any atom is -0.395 e. The van der Waals surface area contributed by atoms with Gasteiger partial charge in [-0.05, 0) is 13.2 Å². The highest BCUT2D eigenvalue weighted by atomic mass is 32.2. The number of carbonyl (C=O) groups excluding carboxylic acids is 1. The molecule has 0 aromatic carbocycles. The maximum Gasteiger partial charge on any atom is 0.250 e. The van der Waals surface area contributed by atoms with Gasteiger partial charge in [-0.1, -0.05) is 0 Å². The van der Waals surface area contributed by atoms with Gasteiger partial charge in [-0.3, -0.25) is 4.79 Å². The van der Waals surface area contributed by atoms with Gasteiger partial charge >= 0.3 is 0 Å². The van der Waals surface area contributed by atoms with E-state index in [1.807, 2.05) is 13.2 Å². The second kappa shape index (κ2) is 7.11. The molecule has 1 heterocycles. The lowest BCUT2D eigenvalue weighted by atomic mass is 10.2. The number of rotatable bonds is 5. The summed E-state index contributed by atoms with van der Waals surface area (Å²) in [5.41, 5.74) is 0. The molecule has 0 aromatic heterocycles. The third-order valence-corrected chi connectivity index (χ3v) is 3.79. The first-order valence-electron chi connectivity index (χ1n) is 5.45. The van der Waals surface area contributed by atoms with Gasteiger partial charge in [-0.25, -0.2) is 0 Å². The normalized spacial score (nSPS) is 24.8. The van der Waals surface area contributed by atoms with Gasteiger partial charge in [-0.2, -0.15) is 11.8 Å². The van der Waals surface area contributed by atoms with Gasteiger partial charge in [0.1, 0.15) is 6.10 Å². The Kier molecular flexibility index (Phi) is 6.12. The number of hydrogen-bond donors (Lipinski definition) is 3. The van der Waals surface area contributed by atoms with Crippen molar-refractivity contribution in [3.05, 3.63) is 0 Å². The second-order valence-corrected chi connectivity index (χ2v) is 4.89. The number of aliphatic hydroxyl groups excluding tert-OH is 1. The van der Waals surface area contributed by atoms with E-state index in [2.05, 4.69) is 10.6 Å². The number of hydrogen-bond acceptors (Lipinski definition) is 5. The zero-order chi connectivity index (χ0) is 12.0. The van der Waals surface area contributed by atoms with Gasteiger partial charge < -0.3 is 20.5 Å². The predicted molar refractivity (Wildman–Crippen MR) is 64.6 cm³/mol. The second-order valence-electron chi connectivity index (χ2n) is 3.82. The Morgan fingerprint density at radius 2 is 2.50 bits per heavy atom. The molecule has 1 aliphatic rings. The quantitative estimate of drug-likeness (QED) is 0.594. The van der Waals surface area contributed by atoms with Crippen molar-refractivity contribution < 1.29 is 14.6 Å². The molecule has 0 radical (unpaired) electrons. The minimum atomic E-state index is -0.405. The third kappa shape index (κ3) is 3.93. The summed E-state index contributed by atoms with van der Waals surface area (Å²) in [6, 6.07) is -0.0574. The van der Waals surface area contributed by atoms with Crippen LogP contribution in [0.2, 0.25) is 0 Å². The molecule has 1 fully saturated rings. The standard InChI is InChI=1S/C10H20N2O3S/c1-7(9(6-13)16-2)12-10(14)8-5-11-3-4-15-8/h7-9,11,13H,3-6H2,1-2H3,(H,12,14). The van der Waals surface area contributed by atoms with E-state index in [4.69, 9.17) is 9.84 Å². The molecule has 3 atom stereocenters. The fourth-order valence-corrected chi connectivity index (χ4v) is 2.21. The van der Waals surface area contributed by atoms with Crippen molar-refractivity contribution in [1.29, 1.82) is 0 Å². The van der Waals surface area contributed by atoms with E-state index in [0.29, 0.717) is 13.2 Å². The van der Waals surface area contributed by atoms with Crippen LogP contribution in [0.5, 0.6) is 0 Å². The molecule has 1 amide bonds. The molecule has 0 spiro atoms. The average Bonchev–Trinajstić information content (AvgIpc) is 2.31. The lowest BCUT2D eigenvalue weighted by Crippen LogP contribution is -2.52. The first kappa shape index (κ1) is 13.8. The van der Waals surface area contributed by atoms with Crippen LogP contribution in [-0.2, 0) is 9.53 Å². The molecule has 0 bridgehead atoms. The van der Waals surface area contributed by atoms with E-state index in [-0.39, 0.29) is 23.8 Å². The summed E-state index contributed by atoms with van der Waals surface area (Å²) in [5, 5.41) is 15.1. The monoisotopic (exact) mass is 248 g/mol.